The van der Waals surface area contributed by atoms with Gasteiger partial charge in [-0.3, -0.25) is 9.69 Å². The lowest BCUT2D eigenvalue weighted by molar-refractivity contribution is 0.0914. The summed E-state index contributed by atoms with van der Waals surface area (Å²) in [7, 11) is 1.61. The van der Waals surface area contributed by atoms with E-state index in [0.29, 0.717) is 37.5 Å². The molecule has 1 unspecified atom stereocenters. The summed E-state index contributed by atoms with van der Waals surface area (Å²) >= 11 is 0. The molecule has 5 rings (SSSR count). The summed E-state index contributed by atoms with van der Waals surface area (Å²) in [4.78, 5) is 18.1. The zero-order valence-corrected chi connectivity index (χ0v) is 19.2. The SMILES string of the molecule is COc1ccc2cc(CN(Cc3ccccc3)Cc3nnnn3CC3CCCO3)c(=O)[nH]c2c1. The average molecular weight is 461 g/mol. The van der Waals surface area contributed by atoms with Gasteiger partial charge in [-0.05, 0) is 52.4 Å². The standard InChI is InChI=1S/C25H28N6O3/c1-33-21-10-9-19-12-20(25(32)26-23(19)13-21)15-30(14-18-6-3-2-4-7-18)17-24-27-28-29-31(24)16-22-8-5-11-34-22/h2-4,6-7,9-10,12-13,22H,5,8,11,14-17H2,1H3,(H,26,32). The number of methoxy groups -OCH3 is 1. The van der Waals surface area contributed by atoms with E-state index >= 15 is 0 Å². The molecule has 0 bridgehead atoms. The fraction of sp³-hybridized carbons (Fsp3) is 0.360. The number of benzene rings is 2. The van der Waals surface area contributed by atoms with Crippen molar-refractivity contribution in [1.29, 1.82) is 0 Å². The van der Waals surface area contributed by atoms with Crippen LogP contribution in [0.2, 0.25) is 0 Å². The Morgan fingerprint density at radius 1 is 1.15 bits per heavy atom. The van der Waals surface area contributed by atoms with Gasteiger partial charge in [-0.2, -0.15) is 0 Å². The molecule has 9 nitrogen and oxygen atoms in total. The molecule has 1 aliphatic heterocycles. The summed E-state index contributed by atoms with van der Waals surface area (Å²) in [5.41, 5.74) is 2.48. The molecular weight excluding hydrogens is 432 g/mol. The molecule has 0 radical (unpaired) electrons. The summed E-state index contributed by atoms with van der Waals surface area (Å²) in [6, 6.07) is 17.8. The second-order valence-corrected chi connectivity index (χ2v) is 8.62. The molecule has 176 valence electrons. The number of nitrogens with zero attached hydrogens (tertiary/aromatic N) is 5. The quantitative estimate of drug-likeness (QED) is 0.410. The van der Waals surface area contributed by atoms with Crippen LogP contribution in [0.15, 0.2) is 59.4 Å². The Kier molecular flexibility index (Phi) is 6.64. The van der Waals surface area contributed by atoms with Crippen LogP contribution in [0.5, 0.6) is 5.75 Å². The lowest BCUT2D eigenvalue weighted by Gasteiger charge is -2.22. The number of hydrogen-bond donors (Lipinski definition) is 1. The van der Waals surface area contributed by atoms with Crippen LogP contribution < -0.4 is 10.3 Å². The van der Waals surface area contributed by atoms with Crippen LogP contribution in [0, 0.1) is 0 Å². The number of fused-ring (bicyclic) bond motifs is 1. The summed E-state index contributed by atoms with van der Waals surface area (Å²) < 4.78 is 12.9. The van der Waals surface area contributed by atoms with Gasteiger partial charge in [0.05, 0.1) is 31.8 Å². The molecule has 0 spiro atoms. The summed E-state index contributed by atoms with van der Waals surface area (Å²) in [6.45, 7) is 3.06. The van der Waals surface area contributed by atoms with Crippen molar-refractivity contribution in [1.82, 2.24) is 30.1 Å². The average Bonchev–Trinajstić information content (AvgIpc) is 3.52. The number of pyridine rings is 1. The number of tetrazole rings is 1. The lowest BCUT2D eigenvalue weighted by Crippen LogP contribution is -2.29. The van der Waals surface area contributed by atoms with Gasteiger partial charge in [-0.25, -0.2) is 4.68 Å². The monoisotopic (exact) mass is 460 g/mol. The normalized spacial score (nSPS) is 15.9. The van der Waals surface area contributed by atoms with E-state index in [1.807, 2.05) is 47.1 Å². The van der Waals surface area contributed by atoms with Crippen molar-refractivity contribution in [2.45, 2.75) is 45.1 Å². The third kappa shape index (κ3) is 5.16. The van der Waals surface area contributed by atoms with Gasteiger partial charge in [-0.1, -0.05) is 30.3 Å². The Morgan fingerprint density at radius 2 is 2.03 bits per heavy atom. The minimum Gasteiger partial charge on any atom is -0.497 e. The zero-order chi connectivity index (χ0) is 23.3. The third-order valence-electron chi connectivity index (χ3n) is 6.14. The number of nitrogens with one attached hydrogen (secondary N) is 1. The first kappa shape index (κ1) is 22.2. The first-order valence-corrected chi connectivity index (χ1v) is 11.5. The van der Waals surface area contributed by atoms with Gasteiger partial charge in [0.15, 0.2) is 5.82 Å². The fourth-order valence-electron chi connectivity index (χ4n) is 4.38. The van der Waals surface area contributed by atoms with Crippen LogP contribution in [0.1, 0.15) is 29.8 Å². The second kappa shape index (κ2) is 10.1. The van der Waals surface area contributed by atoms with Crippen LogP contribution >= 0.6 is 0 Å². The van der Waals surface area contributed by atoms with Gasteiger partial charge in [0, 0.05) is 31.3 Å². The highest BCUT2D eigenvalue weighted by molar-refractivity contribution is 5.80. The maximum absolute atomic E-state index is 12.9. The third-order valence-corrected chi connectivity index (χ3v) is 6.14. The molecule has 3 heterocycles. The van der Waals surface area contributed by atoms with Crippen LogP contribution in [-0.4, -0.2) is 49.9 Å². The number of aromatic nitrogens is 5. The van der Waals surface area contributed by atoms with Crippen molar-refractivity contribution in [2.24, 2.45) is 0 Å². The molecule has 4 aromatic rings. The summed E-state index contributed by atoms with van der Waals surface area (Å²) in [6.07, 6.45) is 2.23. The molecule has 2 aromatic carbocycles. The summed E-state index contributed by atoms with van der Waals surface area (Å²) in [5, 5.41) is 13.3. The van der Waals surface area contributed by atoms with Gasteiger partial charge in [0.25, 0.3) is 5.56 Å². The molecule has 2 aromatic heterocycles. The molecule has 1 atom stereocenters. The number of rotatable bonds is 9. The van der Waals surface area contributed by atoms with Gasteiger partial charge in [0.2, 0.25) is 0 Å². The molecule has 0 aliphatic carbocycles. The maximum atomic E-state index is 12.9. The van der Waals surface area contributed by atoms with Gasteiger partial charge >= 0.3 is 0 Å². The smallest absolute Gasteiger partial charge is 0.252 e. The largest absolute Gasteiger partial charge is 0.497 e. The fourth-order valence-corrected chi connectivity index (χ4v) is 4.38. The minimum atomic E-state index is -0.113. The van der Waals surface area contributed by atoms with E-state index in [4.69, 9.17) is 9.47 Å². The Hall–Kier alpha value is -3.56. The highest BCUT2D eigenvalue weighted by Crippen LogP contribution is 2.20. The topological polar surface area (TPSA) is 98.2 Å². The Balaban J connectivity index is 1.41. The van der Waals surface area contributed by atoms with Crippen LogP contribution in [0.4, 0.5) is 0 Å². The molecule has 1 saturated heterocycles. The van der Waals surface area contributed by atoms with Crippen molar-refractivity contribution >= 4 is 10.9 Å². The minimum absolute atomic E-state index is 0.113. The van der Waals surface area contributed by atoms with Crippen LogP contribution in [0.3, 0.4) is 0 Å². The highest BCUT2D eigenvalue weighted by Gasteiger charge is 2.20. The lowest BCUT2D eigenvalue weighted by atomic mass is 10.1. The predicted octanol–water partition coefficient (Wildman–Crippen LogP) is 2.90. The number of aromatic amines is 1. The molecule has 34 heavy (non-hydrogen) atoms. The van der Waals surface area contributed by atoms with Crippen molar-refractivity contribution in [3.8, 4) is 5.75 Å². The van der Waals surface area contributed by atoms with Gasteiger partial charge in [-0.15, -0.1) is 5.10 Å². The summed E-state index contributed by atoms with van der Waals surface area (Å²) in [5.74, 6) is 1.47. The predicted molar refractivity (Wildman–Crippen MR) is 127 cm³/mol. The van der Waals surface area contributed by atoms with E-state index in [-0.39, 0.29) is 11.7 Å². The Labute approximate surface area is 197 Å². The first-order chi connectivity index (χ1) is 16.7. The first-order valence-electron chi connectivity index (χ1n) is 11.5. The van der Waals surface area contributed by atoms with Gasteiger partial charge in [0.1, 0.15) is 5.75 Å². The van der Waals surface area contributed by atoms with E-state index in [0.717, 1.165) is 41.7 Å². The zero-order valence-electron chi connectivity index (χ0n) is 19.2. The van der Waals surface area contributed by atoms with E-state index in [2.05, 4.69) is 37.5 Å². The van der Waals surface area contributed by atoms with E-state index < -0.39 is 0 Å². The van der Waals surface area contributed by atoms with E-state index in [9.17, 15) is 4.79 Å². The number of hydrogen-bond acceptors (Lipinski definition) is 7. The van der Waals surface area contributed by atoms with Crippen LogP contribution in [-0.2, 0) is 30.9 Å². The molecule has 1 N–H and O–H groups in total. The molecule has 1 aliphatic rings. The van der Waals surface area contributed by atoms with Crippen molar-refractivity contribution in [3.63, 3.8) is 0 Å². The van der Waals surface area contributed by atoms with E-state index in [1.54, 1.807) is 7.11 Å². The number of ether oxygens (including phenoxy) is 2. The number of H-pyrrole nitrogens is 1. The van der Waals surface area contributed by atoms with Crippen molar-refractivity contribution in [3.05, 3.63) is 81.9 Å². The Bertz CT molecular complexity index is 1300. The molecule has 1 fully saturated rings. The van der Waals surface area contributed by atoms with Crippen molar-refractivity contribution in [2.75, 3.05) is 13.7 Å². The molecule has 0 saturated carbocycles. The Morgan fingerprint density at radius 3 is 2.82 bits per heavy atom. The molecular formula is C25H28N6O3. The van der Waals surface area contributed by atoms with Crippen molar-refractivity contribution < 1.29 is 9.47 Å². The maximum Gasteiger partial charge on any atom is 0.252 e. The second-order valence-electron chi connectivity index (χ2n) is 8.62. The highest BCUT2D eigenvalue weighted by atomic mass is 16.5. The molecule has 9 heteroatoms. The molecule has 0 amide bonds. The van der Waals surface area contributed by atoms with E-state index in [1.165, 1.54) is 0 Å². The van der Waals surface area contributed by atoms with Crippen LogP contribution in [0.25, 0.3) is 10.9 Å². The van der Waals surface area contributed by atoms with Gasteiger partial charge < -0.3 is 14.5 Å².